The minimum absolute atomic E-state index is 0.228. The van der Waals surface area contributed by atoms with Crippen molar-refractivity contribution in [3.05, 3.63) is 58.7 Å². The smallest absolute Gasteiger partial charge is 0.255 e. The van der Waals surface area contributed by atoms with Crippen LogP contribution in [0.1, 0.15) is 15.9 Å². The summed E-state index contributed by atoms with van der Waals surface area (Å²) in [5, 5.41) is 3.44. The average Bonchev–Trinajstić information content (AvgIpc) is 2.38. The fourth-order valence-corrected chi connectivity index (χ4v) is 1.62. The van der Waals surface area contributed by atoms with Gasteiger partial charge in [0.05, 0.1) is 5.56 Å². The van der Waals surface area contributed by atoms with E-state index < -0.39 is 0 Å². The fraction of sp³-hybridized carbons (Fsp3) is 0.0769. The van der Waals surface area contributed by atoms with Gasteiger partial charge in [0.15, 0.2) is 0 Å². The molecule has 0 aliphatic rings. The maximum absolute atomic E-state index is 11.8. The Hall–Kier alpha value is -2.07. The molecule has 0 atom stereocenters. The normalized spacial score (nSPS) is 10.1. The van der Waals surface area contributed by atoms with Crippen LogP contribution in [0.15, 0.2) is 42.6 Å². The van der Waals surface area contributed by atoms with E-state index in [1.807, 2.05) is 12.1 Å². The summed E-state index contributed by atoms with van der Waals surface area (Å²) in [5.74, 6) is -0.0124. The number of nitrogens with zero attached hydrogens (tertiary/aromatic N) is 1. The third kappa shape index (κ3) is 2.99. The van der Waals surface area contributed by atoms with Crippen molar-refractivity contribution in [3.8, 4) is 0 Å². The lowest BCUT2D eigenvalue weighted by atomic mass is 10.2. The Labute approximate surface area is 110 Å². The van der Waals surface area contributed by atoms with Gasteiger partial charge in [-0.15, -0.1) is 0 Å². The molecule has 3 N–H and O–H groups in total. The SMILES string of the molecule is Nc1ncccc1C(=O)NCc1ccc(Cl)cc1. The molecule has 5 heteroatoms. The molecule has 1 amide bonds. The van der Waals surface area contributed by atoms with Crippen LogP contribution in [0.4, 0.5) is 5.82 Å². The summed E-state index contributed by atoms with van der Waals surface area (Å²) >= 11 is 5.78. The first-order valence-electron chi connectivity index (χ1n) is 5.40. The summed E-state index contributed by atoms with van der Waals surface area (Å²) in [6.07, 6.45) is 1.55. The number of hydrogen-bond donors (Lipinski definition) is 2. The van der Waals surface area contributed by atoms with Crippen molar-refractivity contribution >= 4 is 23.3 Å². The molecule has 18 heavy (non-hydrogen) atoms. The summed E-state index contributed by atoms with van der Waals surface area (Å²) in [6, 6.07) is 10.6. The van der Waals surface area contributed by atoms with Crippen LogP contribution in [0.25, 0.3) is 0 Å². The predicted octanol–water partition coefficient (Wildman–Crippen LogP) is 2.25. The number of anilines is 1. The predicted molar refractivity (Wildman–Crippen MR) is 71.3 cm³/mol. The van der Waals surface area contributed by atoms with Crippen LogP contribution in [-0.4, -0.2) is 10.9 Å². The minimum Gasteiger partial charge on any atom is -0.383 e. The van der Waals surface area contributed by atoms with E-state index in [4.69, 9.17) is 17.3 Å². The molecule has 1 aromatic carbocycles. The van der Waals surface area contributed by atoms with E-state index in [-0.39, 0.29) is 11.7 Å². The number of pyridine rings is 1. The number of rotatable bonds is 3. The number of carbonyl (C=O) groups is 1. The number of benzene rings is 1. The zero-order chi connectivity index (χ0) is 13.0. The zero-order valence-electron chi connectivity index (χ0n) is 9.56. The Morgan fingerprint density at radius 1 is 1.28 bits per heavy atom. The molecule has 4 nitrogen and oxygen atoms in total. The van der Waals surface area contributed by atoms with Gasteiger partial charge in [-0.05, 0) is 29.8 Å². The maximum Gasteiger partial charge on any atom is 0.255 e. The first kappa shape index (κ1) is 12.4. The Morgan fingerprint density at radius 3 is 2.67 bits per heavy atom. The third-order valence-electron chi connectivity index (χ3n) is 2.45. The van der Waals surface area contributed by atoms with Gasteiger partial charge in [0.1, 0.15) is 5.82 Å². The first-order chi connectivity index (χ1) is 8.66. The molecule has 0 radical (unpaired) electrons. The van der Waals surface area contributed by atoms with Gasteiger partial charge < -0.3 is 11.1 Å². The van der Waals surface area contributed by atoms with Crippen molar-refractivity contribution in [2.75, 3.05) is 5.73 Å². The molecular formula is C13H12ClN3O. The summed E-state index contributed by atoms with van der Waals surface area (Å²) in [5.41, 5.74) is 6.97. The van der Waals surface area contributed by atoms with Gasteiger partial charge in [-0.2, -0.15) is 0 Å². The molecule has 1 heterocycles. The van der Waals surface area contributed by atoms with Gasteiger partial charge in [0.25, 0.3) is 5.91 Å². The van der Waals surface area contributed by atoms with Crippen molar-refractivity contribution in [1.82, 2.24) is 10.3 Å². The number of nitrogens with one attached hydrogen (secondary N) is 1. The lowest BCUT2D eigenvalue weighted by molar-refractivity contribution is 0.0951. The highest BCUT2D eigenvalue weighted by Gasteiger charge is 2.09. The van der Waals surface area contributed by atoms with E-state index in [1.54, 1.807) is 30.5 Å². The molecule has 0 saturated heterocycles. The van der Waals surface area contributed by atoms with Crippen LogP contribution < -0.4 is 11.1 Å². The van der Waals surface area contributed by atoms with Crippen LogP contribution in [0.3, 0.4) is 0 Å². The van der Waals surface area contributed by atoms with Crippen LogP contribution in [0.2, 0.25) is 5.02 Å². The lowest BCUT2D eigenvalue weighted by Crippen LogP contribution is -2.24. The Bertz CT molecular complexity index is 554. The van der Waals surface area contributed by atoms with Crippen LogP contribution >= 0.6 is 11.6 Å². The molecule has 0 spiro atoms. The van der Waals surface area contributed by atoms with Gasteiger partial charge in [0.2, 0.25) is 0 Å². The van der Waals surface area contributed by atoms with Gasteiger partial charge in [-0.3, -0.25) is 4.79 Å². The second-order valence-electron chi connectivity index (χ2n) is 3.75. The minimum atomic E-state index is -0.240. The highest BCUT2D eigenvalue weighted by atomic mass is 35.5. The second kappa shape index (κ2) is 5.51. The number of carbonyl (C=O) groups excluding carboxylic acids is 1. The standard InChI is InChI=1S/C13H12ClN3O/c14-10-5-3-9(4-6-10)8-17-13(18)11-2-1-7-16-12(11)15/h1-7H,8H2,(H2,15,16)(H,17,18). The molecule has 0 unspecified atom stereocenters. The summed E-state index contributed by atoms with van der Waals surface area (Å²) in [4.78, 5) is 15.7. The number of amides is 1. The monoisotopic (exact) mass is 261 g/mol. The number of nitrogen functional groups attached to an aromatic ring is 1. The van der Waals surface area contributed by atoms with E-state index in [1.165, 1.54) is 0 Å². The summed E-state index contributed by atoms with van der Waals surface area (Å²) < 4.78 is 0. The van der Waals surface area contributed by atoms with Crippen LogP contribution in [-0.2, 0) is 6.54 Å². The van der Waals surface area contributed by atoms with Gasteiger partial charge in [-0.25, -0.2) is 4.98 Å². The van der Waals surface area contributed by atoms with E-state index in [0.29, 0.717) is 17.1 Å². The maximum atomic E-state index is 11.8. The quantitative estimate of drug-likeness (QED) is 0.890. The third-order valence-corrected chi connectivity index (χ3v) is 2.70. The molecule has 2 rings (SSSR count). The van der Waals surface area contributed by atoms with Crippen LogP contribution in [0, 0.1) is 0 Å². The van der Waals surface area contributed by atoms with Crippen molar-refractivity contribution < 1.29 is 4.79 Å². The highest BCUT2D eigenvalue weighted by molar-refractivity contribution is 6.30. The molecule has 0 aliphatic heterocycles. The summed E-state index contributed by atoms with van der Waals surface area (Å²) in [6.45, 7) is 0.421. The molecule has 1 aromatic heterocycles. The average molecular weight is 262 g/mol. The fourth-order valence-electron chi connectivity index (χ4n) is 1.49. The Kier molecular flexibility index (Phi) is 3.79. The van der Waals surface area contributed by atoms with Crippen molar-refractivity contribution in [2.45, 2.75) is 6.54 Å². The summed E-state index contributed by atoms with van der Waals surface area (Å²) in [7, 11) is 0. The van der Waals surface area contributed by atoms with Gasteiger partial charge in [-0.1, -0.05) is 23.7 Å². The van der Waals surface area contributed by atoms with Crippen LogP contribution in [0.5, 0.6) is 0 Å². The highest BCUT2D eigenvalue weighted by Crippen LogP contribution is 2.10. The van der Waals surface area contributed by atoms with Crippen molar-refractivity contribution in [1.29, 1.82) is 0 Å². The van der Waals surface area contributed by atoms with E-state index >= 15 is 0 Å². The topological polar surface area (TPSA) is 68.0 Å². The lowest BCUT2D eigenvalue weighted by Gasteiger charge is -2.06. The van der Waals surface area contributed by atoms with Gasteiger partial charge in [0, 0.05) is 17.8 Å². The molecular weight excluding hydrogens is 250 g/mol. The second-order valence-corrected chi connectivity index (χ2v) is 4.18. The molecule has 2 aromatic rings. The Balaban J connectivity index is 2.01. The largest absolute Gasteiger partial charge is 0.383 e. The van der Waals surface area contributed by atoms with Gasteiger partial charge >= 0.3 is 0 Å². The van der Waals surface area contributed by atoms with E-state index in [9.17, 15) is 4.79 Å². The first-order valence-corrected chi connectivity index (χ1v) is 5.78. The molecule has 0 saturated carbocycles. The molecule has 0 fully saturated rings. The van der Waals surface area contributed by atoms with E-state index in [2.05, 4.69) is 10.3 Å². The molecule has 0 aliphatic carbocycles. The number of nitrogens with two attached hydrogens (primary N) is 1. The van der Waals surface area contributed by atoms with Crippen molar-refractivity contribution in [2.24, 2.45) is 0 Å². The molecule has 0 bridgehead atoms. The van der Waals surface area contributed by atoms with E-state index in [0.717, 1.165) is 5.56 Å². The number of halogens is 1. The Morgan fingerprint density at radius 2 is 2.00 bits per heavy atom. The number of hydrogen-bond acceptors (Lipinski definition) is 3. The molecule has 92 valence electrons. The zero-order valence-corrected chi connectivity index (χ0v) is 10.3. The number of aromatic nitrogens is 1. The van der Waals surface area contributed by atoms with Crippen molar-refractivity contribution in [3.63, 3.8) is 0 Å².